The highest BCUT2D eigenvalue weighted by molar-refractivity contribution is 6.06. The number of para-hydroxylation sites is 1. The lowest BCUT2D eigenvalue weighted by molar-refractivity contribution is -0.659. The maximum absolute atomic E-state index is 5.95. The summed E-state index contributed by atoms with van der Waals surface area (Å²) in [6.45, 7) is 2.13. The van der Waals surface area contributed by atoms with Crippen molar-refractivity contribution in [3.63, 3.8) is 0 Å². The Morgan fingerprint density at radius 2 is 1.86 bits per heavy atom. The van der Waals surface area contributed by atoms with Crippen LogP contribution < -0.4 is 4.57 Å². The zero-order valence-corrected chi connectivity index (χ0v) is 12.4. The molecule has 0 N–H and O–H groups in total. The summed E-state index contributed by atoms with van der Waals surface area (Å²) >= 11 is 0. The van der Waals surface area contributed by atoms with E-state index >= 15 is 0 Å². The Morgan fingerprint density at radius 1 is 1.05 bits per heavy atom. The number of aryl methyl sites for hydroxylation is 3. The summed E-state index contributed by atoms with van der Waals surface area (Å²) in [7, 11) is 4.15. The number of furan rings is 1. The highest BCUT2D eigenvalue weighted by Crippen LogP contribution is 2.33. The summed E-state index contributed by atoms with van der Waals surface area (Å²) in [5.74, 6) is 1.19. The van der Waals surface area contributed by atoms with Crippen molar-refractivity contribution >= 4 is 21.9 Å². The van der Waals surface area contributed by atoms with E-state index in [0.29, 0.717) is 0 Å². The van der Waals surface area contributed by atoms with E-state index in [9.17, 15) is 0 Å². The maximum Gasteiger partial charge on any atom is 0.288 e. The predicted molar refractivity (Wildman–Crippen MR) is 84.0 cm³/mol. The highest BCUT2D eigenvalue weighted by atomic mass is 16.3. The third-order valence-electron chi connectivity index (χ3n) is 4.15. The van der Waals surface area contributed by atoms with Crippen LogP contribution in [0.5, 0.6) is 0 Å². The molecule has 3 nitrogen and oxygen atoms in total. The van der Waals surface area contributed by atoms with Crippen LogP contribution in [0.3, 0.4) is 0 Å². The molecule has 2 aromatic carbocycles. The number of imidazole rings is 1. The molecule has 4 rings (SSSR count). The van der Waals surface area contributed by atoms with Crippen LogP contribution in [0.15, 0.2) is 53.2 Å². The molecule has 0 aliphatic rings. The van der Waals surface area contributed by atoms with Crippen LogP contribution in [-0.2, 0) is 14.1 Å². The fraction of sp³-hybridized carbons (Fsp3) is 0.167. The van der Waals surface area contributed by atoms with Crippen molar-refractivity contribution in [2.45, 2.75) is 6.92 Å². The van der Waals surface area contributed by atoms with E-state index in [2.05, 4.69) is 66.8 Å². The first-order valence-corrected chi connectivity index (χ1v) is 7.08. The average Bonchev–Trinajstić information content (AvgIpc) is 2.98. The molecule has 104 valence electrons. The quantitative estimate of drug-likeness (QED) is 0.486. The second-order valence-corrected chi connectivity index (χ2v) is 5.61. The Morgan fingerprint density at radius 3 is 2.62 bits per heavy atom. The van der Waals surface area contributed by atoms with Crippen LogP contribution in [-0.4, -0.2) is 4.57 Å². The van der Waals surface area contributed by atoms with Gasteiger partial charge in [-0.1, -0.05) is 18.2 Å². The normalized spacial score (nSPS) is 11.6. The number of nitrogens with zero attached hydrogens (tertiary/aromatic N) is 2. The standard InChI is InChI=1S/C18H17N2O/c1-12-10-17-15(13-6-4-5-7-16(13)21-17)11-14(12)18-19(2)8-9-20(18)3/h4-11H,1-3H3/q+1. The van der Waals surface area contributed by atoms with Crippen molar-refractivity contribution in [1.29, 1.82) is 0 Å². The van der Waals surface area contributed by atoms with Crippen LogP contribution >= 0.6 is 0 Å². The molecule has 0 atom stereocenters. The SMILES string of the molecule is Cc1cc2oc3ccccc3c2cc1-c1n(C)cc[n+]1C. The number of benzene rings is 2. The van der Waals surface area contributed by atoms with Gasteiger partial charge in [0.05, 0.1) is 19.7 Å². The molecule has 21 heavy (non-hydrogen) atoms. The van der Waals surface area contributed by atoms with Gasteiger partial charge in [-0.2, -0.15) is 0 Å². The number of hydrogen-bond donors (Lipinski definition) is 0. The third-order valence-corrected chi connectivity index (χ3v) is 4.15. The molecule has 2 aromatic heterocycles. The first-order chi connectivity index (χ1) is 10.1. The molecule has 2 heterocycles. The molecule has 0 radical (unpaired) electrons. The van der Waals surface area contributed by atoms with Gasteiger partial charge < -0.3 is 4.42 Å². The molecule has 0 aliphatic carbocycles. The lowest BCUT2D eigenvalue weighted by atomic mass is 10.0. The van der Waals surface area contributed by atoms with Crippen molar-refractivity contribution in [2.24, 2.45) is 14.1 Å². The topological polar surface area (TPSA) is 21.9 Å². The summed E-state index contributed by atoms with van der Waals surface area (Å²) in [6, 6.07) is 12.6. The second kappa shape index (κ2) is 4.22. The number of rotatable bonds is 1. The fourth-order valence-electron chi connectivity index (χ4n) is 3.08. The van der Waals surface area contributed by atoms with Gasteiger partial charge in [-0.25, -0.2) is 9.13 Å². The molecule has 0 spiro atoms. The van der Waals surface area contributed by atoms with E-state index < -0.39 is 0 Å². The van der Waals surface area contributed by atoms with Crippen LogP contribution in [0.2, 0.25) is 0 Å². The zero-order chi connectivity index (χ0) is 14.6. The molecule has 0 saturated heterocycles. The lowest BCUT2D eigenvalue weighted by Gasteiger charge is -2.04. The van der Waals surface area contributed by atoms with Gasteiger partial charge in [0.1, 0.15) is 23.6 Å². The van der Waals surface area contributed by atoms with Crippen molar-refractivity contribution in [1.82, 2.24) is 4.57 Å². The smallest absolute Gasteiger partial charge is 0.288 e. The molecule has 0 amide bonds. The highest BCUT2D eigenvalue weighted by Gasteiger charge is 2.19. The van der Waals surface area contributed by atoms with Crippen LogP contribution in [0.4, 0.5) is 0 Å². The molecule has 3 heteroatoms. The maximum atomic E-state index is 5.95. The Hall–Kier alpha value is -2.55. The number of hydrogen-bond acceptors (Lipinski definition) is 1. The summed E-state index contributed by atoms with van der Waals surface area (Å²) in [5, 5.41) is 2.35. The summed E-state index contributed by atoms with van der Waals surface area (Å²) in [4.78, 5) is 0. The number of fused-ring (bicyclic) bond motifs is 3. The minimum absolute atomic E-state index is 0.945. The average molecular weight is 277 g/mol. The Kier molecular flexibility index (Phi) is 2.45. The largest absolute Gasteiger partial charge is 0.456 e. The lowest BCUT2D eigenvalue weighted by Crippen LogP contribution is -2.29. The van der Waals surface area contributed by atoms with E-state index in [1.54, 1.807) is 0 Å². The van der Waals surface area contributed by atoms with Crippen molar-refractivity contribution < 1.29 is 8.98 Å². The minimum atomic E-state index is 0.945. The van der Waals surface area contributed by atoms with Gasteiger partial charge >= 0.3 is 0 Å². The van der Waals surface area contributed by atoms with E-state index in [1.807, 2.05) is 12.1 Å². The van der Waals surface area contributed by atoms with Gasteiger partial charge in [0, 0.05) is 10.8 Å². The Labute approximate surface area is 123 Å². The van der Waals surface area contributed by atoms with Gasteiger partial charge in [-0.15, -0.1) is 0 Å². The summed E-state index contributed by atoms with van der Waals surface area (Å²) < 4.78 is 10.3. The molecule has 0 aliphatic heterocycles. The molecule has 0 bridgehead atoms. The van der Waals surface area contributed by atoms with Crippen LogP contribution in [0.25, 0.3) is 33.3 Å². The zero-order valence-electron chi connectivity index (χ0n) is 12.4. The Bertz CT molecular complexity index is 956. The van der Waals surface area contributed by atoms with Gasteiger partial charge in [0.2, 0.25) is 0 Å². The van der Waals surface area contributed by atoms with Crippen molar-refractivity contribution in [3.8, 4) is 11.4 Å². The minimum Gasteiger partial charge on any atom is -0.456 e. The van der Waals surface area contributed by atoms with Gasteiger partial charge in [-0.3, -0.25) is 0 Å². The first kappa shape index (κ1) is 12.2. The molecular formula is C18H17N2O+. The fourth-order valence-corrected chi connectivity index (χ4v) is 3.08. The van der Waals surface area contributed by atoms with Gasteiger partial charge in [-0.05, 0) is 30.7 Å². The van der Waals surface area contributed by atoms with E-state index in [4.69, 9.17) is 4.42 Å². The molecule has 0 saturated carbocycles. The van der Waals surface area contributed by atoms with E-state index in [0.717, 1.165) is 11.2 Å². The molecule has 4 aromatic rings. The monoisotopic (exact) mass is 277 g/mol. The first-order valence-electron chi connectivity index (χ1n) is 7.08. The van der Waals surface area contributed by atoms with Gasteiger partial charge in [0.15, 0.2) is 0 Å². The summed E-state index contributed by atoms with van der Waals surface area (Å²) in [5.41, 5.74) is 4.36. The third kappa shape index (κ3) is 1.70. The van der Waals surface area contributed by atoms with Crippen molar-refractivity contribution in [3.05, 3.63) is 54.4 Å². The predicted octanol–water partition coefficient (Wildman–Crippen LogP) is 3.72. The summed E-state index contributed by atoms with van der Waals surface area (Å²) in [6.07, 6.45) is 4.15. The van der Waals surface area contributed by atoms with E-state index in [1.165, 1.54) is 27.7 Å². The van der Waals surface area contributed by atoms with Crippen LogP contribution in [0.1, 0.15) is 5.56 Å². The second-order valence-electron chi connectivity index (χ2n) is 5.61. The Balaban J connectivity index is 2.11. The van der Waals surface area contributed by atoms with E-state index in [-0.39, 0.29) is 0 Å². The van der Waals surface area contributed by atoms with Gasteiger partial charge in [0.25, 0.3) is 5.82 Å². The van der Waals surface area contributed by atoms with Crippen LogP contribution in [0, 0.1) is 6.92 Å². The molecular weight excluding hydrogens is 260 g/mol. The number of aromatic nitrogens is 2. The molecule has 0 unspecified atom stereocenters. The molecule has 0 fully saturated rings. The van der Waals surface area contributed by atoms with Crippen molar-refractivity contribution in [2.75, 3.05) is 0 Å².